The van der Waals surface area contributed by atoms with Crippen LogP contribution in [0.15, 0.2) is 79.0 Å². The van der Waals surface area contributed by atoms with Crippen molar-refractivity contribution >= 4 is 28.5 Å². The summed E-state index contributed by atoms with van der Waals surface area (Å²) in [6, 6.07) is 20.4. The highest BCUT2D eigenvalue weighted by Gasteiger charge is 2.14. The quantitative estimate of drug-likeness (QED) is 0.248. The Bertz CT molecular complexity index is 1380. The molecule has 4 N–H and O–H groups in total. The normalized spacial score (nSPS) is 11.5. The first-order chi connectivity index (χ1) is 17.9. The van der Waals surface area contributed by atoms with Crippen LogP contribution in [0, 0.1) is 0 Å². The molecule has 3 aromatic carbocycles. The maximum absolute atomic E-state index is 12.4. The van der Waals surface area contributed by atoms with Crippen LogP contribution in [0.4, 0.5) is 5.69 Å². The Morgan fingerprint density at radius 1 is 1.00 bits per heavy atom. The lowest BCUT2D eigenvalue weighted by atomic mass is 10.1. The van der Waals surface area contributed by atoms with Crippen LogP contribution in [-0.4, -0.2) is 41.7 Å². The number of pyridine rings is 1. The Hall–Kier alpha value is -4.63. The Morgan fingerprint density at radius 3 is 2.46 bits per heavy atom. The summed E-state index contributed by atoms with van der Waals surface area (Å²) in [6.45, 7) is 0.284. The molecule has 4 rings (SSSR count). The summed E-state index contributed by atoms with van der Waals surface area (Å²) in [7, 11) is 1.54. The zero-order chi connectivity index (χ0) is 26.2. The number of ether oxygens (including phenoxy) is 3. The molecule has 0 aliphatic carbocycles. The van der Waals surface area contributed by atoms with E-state index >= 15 is 0 Å². The van der Waals surface area contributed by atoms with Crippen molar-refractivity contribution in [2.24, 2.45) is 5.73 Å². The third-order valence-corrected chi connectivity index (χ3v) is 5.60. The highest BCUT2D eigenvalue weighted by atomic mass is 16.5. The Morgan fingerprint density at radius 2 is 1.76 bits per heavy atom. The van der Waals surface area contributed by atoms with Crippen LogP contribution in [0.2, 0.25) is 0 Å². The number of hydrogen-bond donors (Lipinski definition) is 3. The van der Waals surface area contributed by atoms with Gasteiger partial charge in [-0.1, -0.05) is 18.2 Å². The second kappa shape index (κ2) is 11.9. The van der Waals surface area contributed by atoms with E-state index in [0.717, 1.165) is 5.39 Å². The molecule has 0 bridgehead atoms. The Kier molecular flexibility index (Phi) is 8.17. The number of hydrogen-bond acceptors (Lipinski definition) is 7. The summed E-state index contributed by atoms with van der Waals surface area (Å²) >= 11 is 0. The first-order valence-corrected chi connectivity index (χ1v) is 11.7. The molecule has 0 saturated carbocycles. The molecule has 4 aromatic rings. The SMILES string of the molecule is COc1cc2c(Oc3ccc(NC(=O)c4ccccc4)cc3)ccnc2cc1OCCCC(N)C(=O)O. The highest BCUT2D eigenvalue weighted by Crippen LogP contribution is 2.37. The van der Waals surface area contributed by atoms with Crippen molar-refractivity contribution in [3.63, 3.8) is 0 Å². The number of methoxy groups -OCH3 is 1. The monoisotopic (exact) mass is 501 g/mol. The Balaban J connectivity index is 1.45. The second-order valence-corrected chi connectivity index (χ2v) is 8.21. The zero-order valence-corrected chi connectivity index (χ0v) is 20.2. The molecule has 37 heavy (non-hydrogen) atoms. The van der Waals surface area contributed by atoms with Gasteiger partial charge < -0.3 is 30.4 Å². The van der Waals surface area contributed by atoms with E-state index in [9.17, 15) is 9.59 Å². The number of anilines is 1. The summed E-state index contributed by atoms with van der Waals surface area (Å²) in [6.07, 6.45) is 2.41. The summed E-state index contributed by atoms with van der Waals surface area (Å²) in [4.78, 5) is 27.6. The molecule has 0 saturated heterocycles. The number of rotatable bonds is 11. The number of nitrogens with two attached hydrogens (primary N) is 1. The summed E-state index contributed by atoms with van der Waals surface area (Å²) in [5, 5.41) is 12.5. The molecule has 1 aromatic heterocycles. The van der Waals surface area contributed by atoms with Gasteiger partial charge in [-0.2, -0.15) is 0 Å². The third-order valence-electron chi connectivity index (χ3n) is 5.60. The van der Waals surface area contributed by atoms with Gasteiger partial charge in [0.1, 0.15) is 17.5 Å². The largest absolute Gasteiger partial charge is 0.493 e. The molecule has 1 atom stereocenters. The smallest absolute Gasteiger partial charge is 0.320 e. The van der Waals surface area contributed by atoms with Gasteiger partial charge in [0.25, 0.3) is 5.91 Å². The number of carbonyl (C=O) groups is 2. The van der Waals surface area contributed by atoms with Crippen molar-refractivity contribution in [1.29, 1.82) is 0 Å². The predicted molar refractivity (Wildman–Crippen MR) is 140 cm³/mol. The van der Waals surface area contributed by atoms with Crippen molar-refractivity contribution in [2.45, 2.75) is 18.9 Å². The van der Waals surface area contributed by atoms with E-state index in [1.165, 1.54) is 7.11 Å². The molecule has 1 amide bonds. The van der Waals surface area contributed by atoms with Gasteiger partial charge in [-0.25, -0.2) is 0 Å². The molecule has 0 spiro atoms. The van der Waals surface area contributed by atoms with E-state index in [0.29, 0.717) is 52.6 Å². The molecular weight excluding hydrogens is 474 g/mol. The van der Waals surface area contributed by atoms with Gasteiger partial charge in [0.15, 0.2) is 11.5 Å². The molecule has 0 radical (unpaired) electrons. The number of amides is 1. The topological polar surface area (TPSA) is 133 Å². The van der Waals surface area contributed by atoms with E-state index < -0.39 is 12.0 Å². The highest BCUT2D eigenvalue weighted by molar-refractivity contribution is 6.04. The van der Waals surface area contributed by atoms with Crippen molar-refractivity contribution in [3.05, 3.63) is 84.6 Å². The van der Waals surface area contributed by atoms with Crippen LogP contribution in [0.3, 0.4) is 0 Å². The van der Waals surface area contributed by atoms with Crippen molar-refractivity contribution in [1.82, 2.24) is 4.98 Å². The lowest BCUT2D eigenvalue weighted by Gasteiger charge is -2.14. The van der Waals surface area contributed by atoms with Gasteiger partial charge in [0.2, 0.25) is 0 Å². The van der Waals surface area contributed by atoms with Crippen molar-refractivity contribution < 1.29 is 28.9 Å². The van der Waals surface area contributed by atoms with Gasteiger partial charge in [-0.15, -0.1) is 0 Å². The van der Waals surface area contributed by atoms with Crippen LogP contribution in [-0.2, 0) is 4.79 Å². The average molecular weight is 502 g/mol. The van der Waals surface area contributed by atoms with Gasteiger partial charge in [0, 0.05) is 28.9 Å². The number of aromatic nitrogens is 1. The van der Waals surface area contributed by atoms with Crippen LogP contribution in [0.25, 0.3) is 10.9 Å². The maximum Gasteiger partial charge on any atom is 0.320 e. The number of aliphatic carboxylic acids is 1. The minimum Gasteiger partial charge on any atom is -0.493 e. The molecule has 0 aliphatic heterocycles. The maximum atomic E-state index is 12.4. The van der Waals surface area contributed by atoms with E-state index in [-0.39, 0.29) is 12.5 Å². The number of nitrogens with zero attached hydrogens (tertiary/aromatic N) is 1. The van der Waals surface area contributed by atoms with Crippen molar-refractivity contribution in [3.8, 4) is 23.0 Å². The van der Waals surface area contributed by atoms with Gasteiger partial charge in [-0.05, 0) is 61.4 Å². The van der Waals surface area contributed by atoms with Crippen LogP contribution < -0.4 is 25.3 Å². The van der Waals surface area contributed by atoms with Crippen LogP contribution in [0.5, 0.6) is 23.0 Å². The number of benzene rings is 3. The fraction of sp³-hybridized carbons (Fsp3) is 0.179. The van der Waals surface area contributed by atoms with E-state index in [1.807, 2.05) is 18.2 Å². The first-order valence-electron chi connectivity index (χ1n) is 11.7. The van der Waals surface area contributed by atoms with Crippen LogP contribution >= 0.6 is 0 Å². The first kappa shape index (κ1) is 25.5. The number of carbonyl (C=O) groups excluding carboxylic acids is 1. The molecule has 1 heterocycles. The second-order valence-electron chi connectivity index (χ2n) is 8.21. The van der Waals surface area contributed by atoms with Gasteiger partial charge in [0.05, 0.1) is 19.2 Å². The zero-order valence-electron chi connectivity index (χ0n) is 20.2. The van der Waals surface area contributed by atoms with Gasteiger partial charge in [-0.3, -0.25) is 14.6 Å². The molecule has 0 fully saturated rings. The predicted octanol–water partition coefficient (Wildman–Crippen LogP) is 4.86. The fourth-order valence-corrected chi connectivity index (χ4v) is 3.62. The summed E-state index contributed by atoms with van der Waals surface area (Å²) in [5.41, 5.74) is 7.40. The minimum atomic E-state index is -1.04. The molecule has 0 aliphatic rings. The van der Waals surface area contributed by atoms with E-state index in [1.54, 1.807) is 60.8 Å². The molecule has 1 unspecified atom stereocenters. The molecular formula is C28H27N3O6. The average Bonchev–Trinajstić information content (AvgIpc) is 2.92. The Labute approximate surface area is 213 Å². The minimum absolute atomic E-state index is 0.191. The molecule has 9 heteroatoms. The lowest BCUT2D eigenvalue weighted by Crippen LogP contribution is -2.30. The number of carboxylic acid groups (broad SMARTS) is 1. The number of fused-ring (bicyclic) bond motifs is 1. The van der Waals surface area contributed by atoms with E-state index in [2.05, 4.69) is 10.3 Å². The van der Waals surface area contributed by atoms with Gasteiger partial charge >= 0.3 is 5.97 Å². The molecule has 190 valence electrons. The van der Waals surface area contributed by atoms with Crippen LogP contribution in [0.1, 0.15) is 23.2 Å². The lowest BCUT2D eigenvalue weighted by molar-refractivity contribution is -0.138. The van der Waals surface area contributed by atoms with Crippen molar-refractivity contribution in [2.75, 3.05) is 19.0 Å². The fourth-order valence-electron chi connectivity index (χ4n) is 3.62. The standard InChI is InChI=1S/C28H27N3O6/c1-35-25-16-21-23(17-26(25)36-15-5-8-22(29)28(33)34)30-14-13-24(21)37-20-11-9-19(10-12-20)31-27(32)18-6-3-2-4-7-18/h2-4,6-7,9-14,16-17,22H,5,8,15,29H2,1H3,(H,31,32)(H,33,34). The van der Waals surface area contributed by atoms with E-state index in [4.69, 9.17) is 25.1 Å². The number of nitrogens with one attached hydrogen (secondary N) is 1. The summed E-state index contributed by atoms with van der Waals surface area (Å²) < 4.78 is 17.4. The summed E-state index contributed by atoms with van der Waals surface area (Å²) in [5.74, 6) is 0.910. The number of carboxylic acids is 1. The third kappa shape index (κ3) is 6.53. The molecule has 9 nitrogen and oxygen atoms in total.